The lowest BCUT2D eigenvalue weighted by molar-refractivity contribution is -0.121. The van der Waals surface area contributed by atoms with E-state index in [1.807, 2.05) is 31.2 Å². The van der Waals surface area contributed by atoms with Crippen molar-refractivity contribution in [3.05, 3.63) is 29.8 Å². The van der Waals surface area contributed by atoms with E-state index in [9.17, 15) is 13.2 Å². The Kier molecular flexibility index (Phi) is 7.90. The lowest BCUT2D eigenvalue weighted by Gasteiger charge is -2.13. The lowest BCUT2D eigenvalue weighted by Crippen LogP contribution is -2.41. The summed E-state index contributed by atoms with van der Waals surface area (Å²) in [6.07, 6.45) is 0.747. The highest BCUT2D eigenvalue weighted by molar-refractivity contribution is 7.91. The van der Waals surface area contributed by atoms with E-state index in [2.05, 4.69) is 20.9 Å². The van der Waals surface area contributed by atoms with Crippen LogP contribution in [-0.4, -0.2) is 58.0 Å². The maximum absolute atomic E-state index is 12.0. The van der Waals surface area contributed by atoms with Gasteiger partial charge in [0.2, 0.25) is 5.91 Å². The molecule has 27 heavy (non-hydrogen) atoms. The highest BCUT2D eigenvalue weighted by Gasteiger charge is 2.28. The molecule has 1 atom stereocenters. The predicted molar refractivity (Wildman–Crippen MR) is 106 cm³/mol. The largest absolute Gasteiger partial charge is 0.497 e. The maximum Gasteiger partial charge on any atom is 0.222 e. The molecule has 1 saturated heterocycles. The van der Waals surface area contributed by atoms with Crippen molar-refractivity contribution >= 4 is 21.7 Å². The van der Waals surface area contributed by atoms with Crippen molar-refractivity contribution in [2.45, 2.75) is 32.4 Å². The van der Waals surface area contributed by atoms with Crippen LogP contribution in [0.15, 0.2) is 29.3 Å². The minimum Gasteiger partial charge on any atom is -0.497 e. The number of nitrogens with zero attached hydrogens (tertiary/aromatic N) is 1. The Labute approximate surface area is 160 Å². The van der Waals surface area contributed by atoms with Crippen molar-refractivity contribution in [2.24, 2.45) is 4.99 Å². The molecule has 3 N–H and O–H groups in total. The third-order valence-electron chi connectivity index (χ3n) is 4.17. The Balaban J connectivity index is 1.76. The predicted octanol–water partition coefficient (Wildman–Crippen LogP) is 0.444. The number of hydrogen-bond donors (Lipinski definition) is 3. The lowest BCUT2D eigenvalue weighted by atomic mass is 10.2. The van der Waals surface area contributed by atoms with Crippen LogP contribution in [0, 0.1) is 0 Å². The number of nitrogens with one attached hydrogen (secondary N) is 3. The average Bonchev–Trinajstić information content (AvgIpc) is 2.98. The summed E-state index contributed by atoms with van der Waals surface area (Å²) in [5.41, 5.74) is 1.05. The molecule has 1 amide bonds. The molecule has 1 heterocycles. The minimum absolute atomic E-state index is 0.0398. The molecule has 8 nitrogen and oxygen atoms in total. The van der Waals surface area contributed by atoms with Crippen LogP contribution in [0.5, 0.6) is 5.75 Å². The van der Waals surface area contributed by atoms with Crippen molar-refractivity contribution in [1.29, 1.82) is 0 Å². The van der Waals surface area contributed by atoms with Crippen molar-refractivity contribution in [3.63, 3.8) is 0 Å². The van der Waals surface area contributed by atoms with Crippen LogP contribution in [0.3, 0.4) is 0 Å². The minimum atomic E-state index is -2.99. The monoisotopic (exact) mass is 396 g/mol. The number of methoxy groups -OCH3 is 1. The third kappa shape index (κ3) is 7.46. The number of benzene rings is 1. The van der Waals surface area contributed by atoms with Gasteiger partial charge in [-0.15, -0.1) is 0 Å². The SMILES string of the molecule is CCNC(=NCc1ccc(OC)cc1)NCCC(=O)NC1CCS(=O)(=O)C1. The van der Waals surface area contributed by atoms with Crippen molar-refractivity contribution < 1.29 is 17.9 Å². The average molecular weight is 397 g/mol. The molecule has 9 heteroatoms. The van der Waals surface area contributed by atoms with Gasteiger partial charge in [-0.1, -0.05) is 12.1 Å². The number of hydrogen-bond acceptors (Lipinski definition) is 5. The second-order valence-electron chi connectivity index (χ2n) is 6.39. The van der Waals surface area contributed by atoms with E-state index in [1.165, 1.54) is 0 Å². The van der Waals surface area contributed by atoms with Gasteiger partial charge in [0.25, 0.3) is 0 Å². The molecule has 1 aliphatic heterocycles. The van der Waals surface area contributed by atoms with Gasteiger partial charge >= 0.3 is 0 Å². The zero-order valence-corrected chi connectivity index (χ0v) is 16.6. The van der Waals surface area contributed by atoms with E-state index in [-0.39, 0.29) is 29.9 Å². The van der Waals surface area contributed by atoms with E-state index < -0.39 is 9.84 Å². The van der Waals surface area contributed by atoms with Crippen LogP contribution in [0.1, 0.15) is 25.3 Å². The number of ether oxygens (including phenoxy) is 1. The number of guanidine groups is 1. The first kappa shape index (κ1) is 21.0. The molecule has 0 bridgehead atoms. The van der Waals surface area contributed by atoms with Gasteiger partial charge in [-0.05, 0) is 31.0 Å². The molecule has 1 unspecified atom stereocenters. The molecule has 0 aliphatic carbocycles. The van der Waals surface area contributed by atoms with Crippen LogP contribution in [0.4, 0.5) is 0 Å². The second-order valence-corrected chi connectivity index (χ2v) is 8.62. The number of aliphatic imine (C=N–C) groups is 1. The number of sulfone groups is 1. The molecule has 0 spiro atoms. The van der Waals surface area contributed by atoms with Gasteiger partial charge in [-0.3, -0.25) is 4.79 Å². The van der Waals surface area contributed by atoms with E-state index >= 15 is 0 Å². The van der Waals surface area contributed by atoms with Gasteiger partial charge in [0.15, 0.2) is 15.8 Å². The Morgan fingerprint density at radius 3 is 2.59 bits per heavy atom. The zero-order chi connectivity index (χ0) is 19.7. The zero-order valence-electron chi connectivity index (χ0n) is 15.8. The van der Waals surface area contributed by atoms with E-state index in [1.54, 1.807) is 7.11 Å². The van der Waals surface area contributed by atoms with E-state index in [4.69, 9.17) is 4.74 Å². The molecule has 150 valence electrons. The van der Waals surface area contributed by atoms with Crippen molar-refractivity contribution in [1.82, 2.24) is 16.0 Å². The fourth-order valence-corrected chi connectivity index (χ4v) is 4.42. The Bertz CT molecular complexity index is 747. The summed E-state index contributed by atoms with van der Waals surface area (Å²) in [6, 6.07) is 7.42. The number of carbonyl (C=O) groups is 1. The molecule has 2 rings (SSSR count). The molecule has 0 aromatic heterocycles. The summed E-state index contributed by atoms with van der Waals surface area (Å²) >= 11 is 0. The molecule has 1 fully saturated rings. The summed E-state index contributed by atoms with van der Waals surface area (Å²) in [5.74, 6) is 1.46. The highest BCUT2D eigenvalue weighted by atomic mass is 32.2. The molecular weight excluding hydrogens is 368 g/mol. The standard InChI is InChI=1S/C18H28N4O4S/c1-3-19-18(21-12-14-4-6-16(26-2)7-5-14)20-10-8-17(23)22-15-9-11-27(24,25)13-15/h4-7,15H,3,8-13H2,1-2H3,(H,22,23)(H2,19,20,21). The van der Waals surface area contributed by atoms with Gasteiger partial charge in [0.05, 0.1) is 25.2 Å². The van der Waals surface area contributed by atoms with Crippen LogP contribution in [0.25, 0.3) is 0 Å². The van der Waals surface area contributed by atoms with Gasteiger partial charge < -0.3 is 20.7 Å². The fourth-order valence-electron chi connectivity index (χ4n) is 2.75. The van der Waals surface area contributed by atoms with Gasteiger partial charge in [-0.2, -0.15) is 0 Å². The Morgan fingerprint density at radius 1 is 1.26 bits per heavy atom. The normalized spacial score (nSPS) is 18.7. The smallest absolute Gasteiger partial charge is 0.222 e. The first-order valence-electron chi connectivity index (χ1n) is 9.06. The van der Waals surface area contributed by atoms with Gasteiger partial charge in [0.1, 0.15) is 5.75 Å². The first-order valence-corrected chi connectivity index (χ1v) is 10.9. The molecule has 1 aromatic rings. The van der Waals surface area contributed by atoms with E-state index in [0.717, 1.165) is 11.3 Å². The number of rotatable bonds is 8. The van der Waals surface area contributed by atoms with Crippen molar-refractivity contribution in [2.75, 3.05) is 31.7 Å². The summed E-state index contributed by atoms with van der Waals surface area (Å²) in [7, 11) is -1.36. The molecule has 1 aromatic carbocycles. The Hall–Kier alpha value is -2.29. The summed E-state index contributed by atoms with van der Waals surface area (Å²) in [4.78, 5) is 16.5. The molecular formula is C18H28N4O4S. The third-order valence-corrected chi connectivity index (χ3v) is 5.93. The Morgan fingerprint density at radius 2 is 2.00 bits per heavy atom. The summed E-state index contributed by atoms with van der Waals surface area (Å²) < 4.78 is 28.0. The molecule has 0 saturated carbocycles. The van der Waals surface area contributed by atoms with Crippen LogP contribution >= 0.6 is 0 Å². The highest BCUT2D eigenvalue weighted by Crippen LogP contribution is 2.12. The van der Waals surface area contributed by atoms with Crippen LogP contribution in [-0.2, 0) is 21.2 Å². The fraction of sp³-hybridized carbons (Fsp3) is 0.556. The molecule has 1 aliphatic rings. The van der Waals surface area contributed by atoms with Crippen LogP contribution < -0.4 is 20.7 Å². The number of amides is 1. The van der Waals surface area contributed by atoms with E-state index in [0.29, 0.717) is 32.0 Å². The summed E-state index contributed by atoms with van der Waals surface area (Å²) in [5, 5.41) is 9.04. The molecule has 0 radical (unpaired) electrons. The van der Waals surface area contributed by atoms with Gasteiger partial charge in [-0.25, -0.2) is 13.4 Å². The number of carbonyl (C=O) groups excluding carboxylic acids is 1. The second kappa shape index (κ2) is 10.1. The quantitative estimate of drug-likeness (QED) is 0.435. The maximum atomic E-state index is 12.0. The topological polar surface area (TPSA) is 109 Å². The van der Waals surface area contributed by atoms with Crippen molar-refractivity contribution in [3.8, 4) is 5.75 Å². The van der Waals surface area contributed by atoms with Crippen LogP contribution in [0.2, 0.25) is 0 Å². The first-order chi connectivity index (χ1) is 12.9. The summed E-state index contributed by atoms with van der Waals surface area (Å²) in [6.45, 7) is 3.60. The van der Waals surface area contributed by atoms with Gasteiger partial charge in [0, 0.05) is 25.6 Å².